The van der Waals surface area contributed by atoms with Crippen LogP contribution >= 0.6 is 0 Å². The standard InChI is InChI=1S/C13H21N3/c1-10-2-4-11(5-3-10)13-15-9-7-12(16-13)6-8-14/h7,9-11H,2-6,8,14H2,1H3. The molecule has 0 atom stereocenters. The van der Waals surface area contributed by atoms with E-state index in [0.717, 1.165) is 23.9 Å². The fraction of sp³-hybridized carbons (Fsp3) is 0.692. The Bertz CT molecular complexity index is 330. The molecule has 0 unspecified atom stereocenters. The van der Waals surface area contributed by atoms with Crippen molar-refractivity contribution in [2.24, 2.45) is 11.7 Å². The third-order valence-corrected chi connectivity index (χ3v) is 3.51. The lowest BCUT2D eigenvalue weighted by Gasteiger charge is -2.25. The average molecular weight is 219 g/mol. The fourth-order valence-corrected chi connectivity index (χ4v) is 2.42. The Labute approximate surface area is 97.5 Å². The number of rotatable bonds is 3. The number of hydrogen-bond donors (Lipinski definition) is 1. The van der Waals surface area contributed by atoms with E-state index < -0.39 is 0 Å². The van der Waals surface area contributed by atoms with Gasteiger partial charge in [0.2, 0.25) is 0 Å². The van der Waals surface area contributed by atoms with E-state index in [2.05, 4.69) is 16.9 Å². The average Bonchev–Trinajstić information content (AvgIpc) is 2.31. The van der Waals surface area contributed by atoms with Crippen LogP contribution in [0, 0.1) is 5.92 Å². The van der Waals surface area contributed by atoms with Gasteiger partial charge in [0.05, 0.1) is 0 Å². The summed E-state index contributed by atoms with van der Waals surface area (Å²) in [5.74, 6) is 2.50. The Morgan fingerprint density at radius 1 is 1.31 bits per heavy atom. The maximum absolute atomic E-state index is 5.55. The van der Waals surface area contributed by atoms with E-state index >= 15 is 0 Å². The molecule has 0 aliphatic heterocycles. The molecule has 1 aliphatic carbocycles. The summed E-state index contributed by atoms with van der Waals surface area (Å²) in [5, 5.41) is 0. The van der Waals surface area contributed by atoms with E-state index in [1.807, 2.05) is 12.3 Å². The molecular weight excluding hydrogens is 198 g/mol. The molecule has 3 heteroatoms. The van der Waals surface area contributed by atoms with Crippen LogP contribution in [0.25, 0.3) is 0 Å². The summed E-state index contributed by atoms with van der Waals surface area (Å²) >= 11 is 0. The Balaban J connectivity index is 2.05. The Kier molecular flexibility index (Phi) is 3.88. The zero-order valence-electron chi connectivity index (χ0n) is 10.0. The molecule has 3 nitrogen and oxygen atoms in total. The first kappa shape index (κ1) is 11.5. The van der Waals surface area contributed by atoms with Crippen LogP contribution in [0.4, 0.5) is 0 Å². The fourth-order valence-electron chi connectivity index (χ4n) is 2.42. The molecule has 0 saturated heterocycles. The lowest BCUT2D eigenvalue weighted by Crippen LogP contribution is -2.14. The molecule has 88 valence electrons. The number of nitrogens with two attached hydrogens (primary N) is 1. The first-order valence-electron chi connectivity index (χ1n) is 6.31. The second-order valence-corrected chi connectivity index (χ2v) is 4.90. The Morgan fingerprint density at radius 2 is 2.06 bits per heavy atom. The maximum atomic E-state index is 5.55. The highest BCUT2D eigenvalue weighted by Crippen LogP contribution is 2.33. The van der Waals surface area contributed by atoms with E-state index in [1.54, 1.807) is 0 Å². The number of nitrogens with zero attached hydrogens (tertiary/aromatic N) is 2. The summed E-state index contributed by atoms with van der Waals surface area (Å²) in [6, 6.07) is 1.97. The van der Waals surface area contributed by atoms with E-state index in [1.165, 1.54) is 25.7 Å². The third-order valence-electron chi connectivity index (χ3n) is 3.51. The SMILES string of the molecule is CC1CCC(c2nccc(CCN)n2)CC1. The number of hydrogen-bond acceptors (Lipinski definition) is 3. The first-order chi connectivity index (χ1) is 7.79. The molecular formula is C13H21N3. The third kappa shape index (κ3) is 2.79. The summed E-state index contributed by atoms with van der Waals surface area (Å²) < 4.78 is 0. The van der Waals surface area contributed by atoms with Crippen molar-refractivity contribution in [1.82, 2.24) is 9.97 Å². The summed E-state index contributed by atoms with van der Waals surface area (Å²) in [6.45, 7) is 3.00. The minimum absolute atomic E-state index is 0.578. The van der Waals surface area contributed by atoms with Gasteiger partial charge in [0.25, 0.3) is 0 Å². The summed E-state index contributed by atoms with van der Waals surface area (Å²) in [7, 11) is 0. The van der Waals surface area contributed by atoms with Gasteiger partial charge in [0.15, 0.2) is 0 Å². The first-order valence-corrected chi connectivity index (χ1v) is 6.31. The van der Waals surface area contributed by atoms with E-state index in [4.69, 9.17) is 5.73 Å². The minimum Gasteiger partial charge on any atom is -0.330 e. The quantitative estimate of drug-likeness (QED) is 0.848. The minimum atomic E-state index is 0.578. The molecule has 1 aromatic rings. The highest BCUT2D eigenvalue weighted by molar-refractivity contribution is 5.07. The second kappa shape index (κ2) is 5.39. The van der Waals surface area contributed by atoms with Gasteiger partial charge in [-0.15, -0.1) is 0 Å². The molecule has 0 bridgehead atoms. The molecule has 1 aliphatic rings. The molecule has 1 aromatic heterocycles. The second-order valence-electron chi connectivity index (χ2n) is 4.90. The zero-order chi connectivity index (χ0) is 11.4. The van der Waals surface area contributed by atoms with E-state index in [9.17, 15) is 0 Å². The highest BCUT2D eigenvalue weighted by Gasteiger charge is 2.21. The van der Waals surface area contributed by atoms with E-state index in [-0.39, 0.29) is 0 Å². The normalized spacial score (nSPS) is 25.6. The van der Waals surface area contributed by atoms with E-state index in [0.29, 0.717) is 12.5 Å². The largest absolute Gasteiger partial charge is 0.330 e. The van der Waals surface area contributed by atoms with Crippen molar-refractivity contribution in [2.75, 3.05) is 6.54 Å². The summed E-state index contributed by atoms with van der Waals surface area (Å²) in [6.07, 6.45) is 7.86. The van der Waals surface area contributed by atoms with Crippen LogP contribution in [0.15, 0.2) is 12.3 Å². The lowest BCUT2D eigenvalue weighted by molar-refractivity contribution is 0.339. The van der Waals surface area contributed by atoms with Crippen LogP contribution in [-0.4, -0.2) is 16.5 Å². The summed E-state index contributed by atoms with van der Waals surface area (Å²) in [5.41, 5.74) is 6.64. The predicted molar refractivity (Wildman–Crippen MR) is 65.2 cm³/mol. The van der Waals surface area contributed by atoms with Gasteiger partial charge in [0, 0.05) is 24.2 Å². The topological polar surface area (TPSA) is 51.8 Å². The van der Waals surface area contributed by atoms with Gasteiger partial charge in [-0.25, -0.2) is 9.97 Å². The lowest BCUT2D eigenvalue weighted by atomic mass is 9.82. The van der Waals surface area contributed by atoms with Crippen molar-refractivity contribution in [3.63, 3.8) is 0 Å². The van der Waals surface area contributed by atoms with Crippen LogP contribution in [-0.2, 0) is 6.42 Å². The molecule has 0 aromatic carbocycles. The van der Waals surface area contributed by atoms with Crippen molar-refractivity contribution in [1.29, 1.82) is 0 Å². The monoisotopic (exact) mass is 219 g/mol. The molecule has 1 fully saturated rings. The van der Waals surface area contributed by atoms with Gasteiger partial charge in [-0.1, -0.05) is 19.8 Å². The summed E-state index contributed by atoms with van der Waals surface area (Å²) in [4.78, 5) is 9.04. The smallest absolute Gasteiger partial charge is 0.131 e. The van der Waals surface area contributed by atoms with Gasteiger partial charge >= 0.3 is 0 Å². The van der Waals surface area contributed by atoms with Crippen molar-refractivity contribution < 1.29 is 0 Å². The zero-order valence-corrected chi connectivity index (χ0v) is 10.0. The number of aromatic nitrogens is 2. The molecule has 0 radical (unpaired) electrons. The van der Waals surface area contributed by atoms with Crippen molar-refractivity contribution in [2.45, 2.75) is 44.9 Å². The van der Waals surface area contributed by atoms with Crippen molar-refractivity contribution >= 4 is 0 Å². The van der Waals surface area contributed by atoms with Gasteiger partial charge in [0.1, 0.15) is 5.82 Å². The Morgan fingerprint density at radius 3 is 2.75 bits per heavy atom. The predicted octanol–water partition coefficient (Wildman–Crippen LogP) is 2.27. The molecule has 0 amide bonds. The van der Waals surface area contributed by atoms with Gasteiger partial charge in [-0.3, -0.25) is 0 Å². The van der Waals surface area contributed by atoms with Crippen LogP contribution in [0.3, 0.4) is 0 Å². The van der Waals surface area contributed by atoms with Crippen molar-refractivity contribution in [3.8, 4) is 0 Å². The molecule has 2 rings (SSSR count). The van der Waals surface area contributed by atoms with Gasteiger partial charge in [-0.2, -0.15) is 0 Å². The van der Waals surface area contributed by atoms with Crippen LogP contribution < -0.4 is 5.73 Å². The molecule has 2 N–H and O–H groups in total. The van der Waals surface area contributed by atoms with Crippen LogP contribution in [0.1, 0.15) is 50.0 Å². The molecule has 1 heterocycles. The highest BCUT2D eigenvalue weighted by atomic mass is 14.9. The van der Waals surface area contributed by atoms with Crippen LogP contribution in [0.2, 0.25) is 0 Å². The molecule has 1 saturated carbocycles. The maximum Gasteiger partial charge on any atom is 0.131 e. The molecule has 16 heavy (non-hydrogen) atoms. The molecule has 0 spiro atoms. The van der Waals surface area contributed by atoms with Gasteiger partial charge < -0.3 is 5.73 Å². The van der Waals surface area contributed by atoms with Gasteiger partial charge in [-0.05, 0) is 31.4 Å². The Hall–Kier alpha value is -0.960. The van der Waals surface area contributed by atoms with Crippen molar-refractivity contribution in [3.05, 3.63) is 23.8 Å². The van der Waals surface area contributed by atoms with Crippen LogP contribution in [0.5, 0.6) is 0 Å².